The Hall–Kier alpha value is -3.06. The van der Waals surface area contributed by atoms with Crippen molar-refractivity contribution >= 4 is 11.7 Å². The predicted octanol–water partition coefficient (Wildman–Crippen LogP) is 3.18. The monoisotopic (exact) mass is 326 g/mol. The molecule has 1 aromatic carbocycles. The molecule has 0 spiro atoms. The van der Waals surface area contributed by atoms with Crippen LogP contribution in [0, 0.1) is 0 Å². The fourth-order valence-corrected chi connectivity index (χ4v) is 2.33. The van der Waals surface area contributed by atoms with Gasteiger partial charge in [0, 0.05) is 19.0 Å². The first-order valence-corrected chi connectivity index (χ1v) is 7.46. The Morgan fingerprint density at radius 3 is 2.75 bits per heavy atom. The third kappa shape index (κ3) is 3.82. The largest absolute Gasteiger partial charge is 0.467 e. The van der Waals surface area contributed by atoms with E-state index in [9.17, 15) is 4.79 Å². The first kappa shape index (κ1) is 15.8. The van der Waals surface area contributed by atoms with Crippen molar-refractivity contribution in [1.29, 1.82) is 0 Å². The van der Waals surface area contributed by atoms with Gasteiger partial charge in [-0.25, -0.2) is 4.79 Å². The van der Waals surface area contributed by atoms with Crippen LogP contribution in [0.3, 0.4) is 0 Å². The number of hydrogen-bond donors (Lipinski definition) is 3. The molecule has 0 aliphatic heterocycles. The van der Waals surface area contributed by atoms with Gasteiger partial charge in [-0.3, -0.25) is 5.10 Å². The Bertz CT molecular complexity index is 752. The number of H-pyrrole nitrogens is 1. The predicted molar refractivity (Wildman–Crippen MR) is 89.5 cm³/mol. The van der Waals surface area contributed by atoms with Gasteiger partial charge in [0.15, 0.2) is 0 Å². The molecule has 2 aromatic heterocycles. The highest BCUT2D eigenvalue weighted by Crippen LogP contribution is 2.19. The summed E-state index contributed by atoms with van der Waals surface area (Å²) in [5.74, 6) is 0.640. The van der Waals surface area contributed by atoms with Gasteiger partial charge < -0.3 is 19.8 Å². The number of nitrogens with zero attached hydrogens (tertiary/aromatic N) is 1. The number of aromatic amines is 1. The highest BCUT2D eigenvalue weighted by molar-refractivity contribution is 5.89. The van der Waals surface area contributed by atoms with Crippen molar-refractivity contribution in [1.82, 2.24) is 15.5 Å². The molecule has 0 bridgehead atoms. The summed E-state index contributed by atoms with van der Waals surface area (Å²) in [6, 6.07) is 12.2. The Labute approximate surface area is 139 Å². The van der Waals surface area contributed by atoms with Crippen LogP contribution in [-0.4, -0.2) is 29.9 Å². The van der Waals surface area contributed by atoms with Crippen LogP contribution in [0.1, 0.15) is 11.8 Å². The minimum atomic E-state index is -0.353. The number of rotatable bonds is 6. The smallest absolute Gasteiger partial charge is 0.319 e. The lowest BCUT2D eigenvalue weighted by Gasteiger charge is -2.16. The van der Waals surface area contributed by atoms with Crippen LogP contribution in [0.4, 0.5) is 10.5 Å². The van der Waals surface area contributed by atoms with Gasteiger partial charge in [0.05, 0.1) is 18.6 Å². The van der Waals surface area contributed by atoms with Crippen LogP contribution >= 0.6 is 0 Å². The zero-order valence-corrected chi connectivity index (χ0v) is 13.2. The maximum absolute atomic E-state index is 12.2. The summed E-state index contributed by atoms with van der Waals surface area (Å²) in [5, 5.41) is 12.4. The van der Waals surface area contributed by atoms with Crippen molar-refractivity contribution < 1.29 is 13.9 Å². The zero-order chi connectivity index (χ0) is 16.8. The van der Waals surface area contributed by atoms with Gasteiger partial charge in [-0.1, -0.05) is 12.1 Å². The number of methoxy groups -OCH3 is 1. The van der Waals surface area contributed by atoms with Crippen LogP contribution in [0.25, 0.3) is 11.3 Å². The summed E-state index contributed by atoms with van der Waals surface area (Å²) in [7, 11) is 1.57. The van der Waals surface area contributed by atoms with Crippen LogP contribution in [0.5, 0.6) is 0 Å². The molecule has 0 unspecified atom stereocenters. The molecular formula is C17H18N4O3. The van der Waals surface area contributed by atoms with Crippen LogP contribution < -0.4 is 10.6 Å². The van der Waals surface area contributed by atoms with E-state index in [1.54, 1.807) is 31.7 Å². The van der Waals surface area contributed by atoms with E-state index >= 15 is 0 Å². The van der Waals surface area contributed by atoms with Crippen molar-refractivity contribution in [2.24, 2.45) is 0 Å². The first-order chi connectivity index (χ1) is 11.8. The number of furan rings is 1. The molecule has 24 heavy (non-hydrogen) atoms. The molecule has 0 saturated heterocycles. The number of urea groups is 1. The second-order valence-electron chi connectivity index (χ2n) is 5.17. The molecule has 3 N–H and O–H groups in total. The molecule has 2 heterocycles. The zero-order valence-electron chi connectivity index (χ0n) is 13.2. The van der Waals surface area contributed by atoms with Crippen LogP contribution in [-0.2, 0) is 4.74 Å². The Morgan fingerprint density at radius 1 is 1.29 bits per heavy atom. The molecule has 7 heteroatoms. The summed E-state index contributed by atoms with van der Waals surface area (Å²) in [5.41, 5.74) is 2.60. The summed E-state index contributed by atoms with van der Waals surface area (Å²) < 4.78 is 10.4. The topological polar surface area (TPSA) is 92.2 Å². The van der Waals surface area contributed by atoms with Gasteiger partial charge in [-0.05, 0) is 35.9 Å². The number of anilines is 1. The average Bonchev–Trinajstić information content (AvgIpc) is 3.29. The number of amides is 2. The van der Waals surface area contributed by atoms with E-state index in [1.165, 1.54) is 0 Å². The molecule has 124 valence electrons. The normalized spacial score (nSPS) is 11.9. The summed E-state index contributed by atoms with van der Waals surface area (Å²) in [6.45, 7) is 0.319. The van der Waals surface area contributed by atoms with Crippen molar-refractivity contribution in [2.45, 2.75) is 6.04 Å². The third-order valence-electron chi connectivity index (χ3n) is 3.48. The summed E-state index contributed by atoms with van der Waals surface area (Å²) >= 11 is 0. The maximum Gasteiger partial charge on any atom is 0.319 e. The minimum absolute atomic E-state index is 0.319. The molecule has 0 aliphatic carbocycles. The van der Waals surface area contributed by atoms with Crippen LogP contribution in [0.2, 0.25) is 0 Å². The number of aromatic nitrogens is 2. The highest BCUT2D eigenvalue weighted by atomic mass is 16.5. The van der Waals surface area contributed by atoms with Crippen LogP contribution in [0.15, 0.2) is 59.3 Å². The van der Waals surface area contributed by atoms with Gasteiger partial charge in [0.2, 0.25) is 0 Å². The molecule has 1 atom stereocenters. The standard InChI is InChI=1S/C17H18N4O3/c1-23-11-15(16-3-2-10-24-16)20-17(22)19-13-6-4-12(5-7-13)14-8-9-18-21-14/h2-10,15H,11H2,1H3,(H,18,21)(H2,19,20,22)/t15-/m0/s1. The summed E-state index contributed by atoms with van der Waals surface area (Å²) in [6.07, 6.45) is 3.26. The average molecular weight is 326 g/mol. The van der Waals surface area contributed by atoms with Gasteiger partial charge in [-0.2, -0.15) is 5.10 Å². The van der Waals surface area contributed by atoms with Crippen molar-refractivity contribution in [3.05, 3.63) is 60.7 Å². The number of carbonyl (C=O) groups excluding carboxylic acids is 1. The van der Waals surface area contributed by atoms with Crippen molar-refractivity contribution in [2.75, 3.05) is 19.0 Å². The fourth-order valence-electron chi connectivity index (χ4n) is 2.33. The second-order valence-corrected chi connectivity index (χ2v) is 5.17. The number of benzene rings is 1. The highest BCUT2D eigenvalue weighted by Gasteiger charge is 2.17. The number of nitrogens with one attached hydrogen (secondary N) is 3. The van der Waals surface area contributed by atoms with Gasteiger partial charge >= 0.3 is 6.03 Å². The third-order valence-corrected chi connectivity index (χ3v) is 3.48. The molecule has 0 fully saturated rings. The maximum atomic E-state index is 12.2. The molecular weight excluding hydrogens is 308 g/mol. The molecule has 3 rings (SSSR count). The van der Waals surface area contributed by atoms with Gasteiger partial charge in [0.1, 0.15) is 11.8 Å². The quantitative estimate of drug-likeness (QED) is 0.648. The van der Waals surface area contributed by atoms with Gasteiger partial charge in [0.25, 0.3) is 0 Å². The molecule has 7 nitrogen and oxygen atoms in total. The molecule has 3 aromatic rings. The van der Waals surface area contributed by atoms with E-state index in [0.717, 1.165) is 11.3 Å². The summed E-state index contributed by atoms with van der Waals surface area (Å²) in [4.78, 5) is 12.2. The molecule has 2 amide bonds. The van der Waals surface area contributed by atoms with E-state index < -0.39 is 0 Å². The van der Waals surface area contributed by atoms with Crippen molar-refractivity contribution in [3.63, 3.8) is 0 Å². The molecule has 0 radical (unpaired) electrons. The van der Waals surface area contributed by atoms with E-state index in [1.807, 2.05) is 30.3 Å². The SMILES string of the molecule is COC[C@H](NC(=O)Nc1ccc(-c2ccn[nH]2)cc1)c1ccco1. The Kier molecular flexibility index (Phi) is 4.93. The number of carbonyl (C=O) groups is 1. The molecule has 0 aliphatic rings. The molecule has 0 saturated carbocycles. The second kappa shape index (κ2) is 7.47. The number of hydrogen-bond acceptors (Lipinski definition) is 4. The number of ether oxygens (including phenoxy) is 1. The van der Waals surface area contributed by atoms with Crippen molar-refractivity contribution in [3.8, 4) is 11.3 Å². The Morgan fingerprint density at radius 2 is 2.12 bits per heavy atom. The fraction of sp³-hybridized carbons (Fsp3) is 0.176. The minimum Gasteiger partial charge on any atom is -0.467 e. The Balaban J connectivity index is 1.61. The lowest BCUT2D eigenvalue weighted by Crippen LogP contribution is -2.34. The van der Waals surface area contributed by atoms with E-state index in [-0.39, 0.29) is 12.1 Å². The van der Waals surface area contributed by atoms with Gasteiger partial charge in [-0.15, -0.1) is 0 Å². The van der Waals surface area contributed by atoms with E-state index in [4.69, 9.17) is 9.15 Å². The van der Waals surface area contributed by atoms with E-state index in [0.29, 0.717) is 18.1 Å². The first-order valence-electron chi connectivity index (χ1n) is 7.46. The van der Waals surface area contributed by atoms with E-state index in [2.05, 4.69) is 20.8 Å². The lowest BCUT2D eigenvalue weighted by molar-refractivity contribution is 0.159. The lowest BCUT2D eigenvalue weighted by atomic mass is 10.1.